The highest BCUT2D eigenvalue weighted by atomic mass is 35.5. The zero-order valence-electron chi connectivity index (χ0n) is 12.1. The number of hydrogen-bond acceptors (Lipinski definition) is 2. The standard InChI is InChI=1S/C17H16ClN3O/c18-13-7-5-12(6-8-13)11-20-9-10-21-16(17(20)22)14-3-1-2-4-15(14)19-21/h5-10H,1-4,11H2. The second kappa shape index (κ2) is 5.29. The number of nitrogens with zero attached hydrogens (tertiary/aromatic N) is 3. The topological polar surface area (TPSA) is 39.3 Å². The van der Waals surface area contributed by atoms with Gasteiger partial charge < -0.3 is 4.57 Å². The van der Waals surface area contributed by atoms with E-state index in [0.29, 0.717) is 11.6 Å². The van der Waals surface area contributed by atoms with E-state index in [1.165, 1.54) is 0 Å². The number of aryl methyl sites for hydroxylation is 2. The molecule has 4 nitrogen and oxygen atoms in total. The van der Waals surface area contributed by atoms with E-state index in [1.807, 2.05) is 36.7 Å². The van der Waals surface area contributed by atoms with Gasteiger partial charge in [-0.15, -0.1) is 0 Å². The summed E-state index contributed by atoms with van der Waals surface area (Å²) in [6.07, 6.45) is 7.93. The Hall–Kier alpha value is -2.07. The smallest absolute Gasteiger partial charge is 0.277 e. The van der Waals surface area contributed by atoms with Crippen LogP contribution in [0.5, 0.6) is 0 Å². The lowest BCUT2D eigenvalue weighted by molar-refractivity contribution is 0.673. The highest BCUT2D eigenvalue weighted by Crippen LogP contribution is 2.22. The van der Waals surface area contributed by atoms with Gasteiger partial charge in [0.1, 0.15) is 5.52 Å². The molecule has 4 rings (SSSR count). The normalized spacial score (nSPS) is 14.2. The third kappa shape index (κ3) is 2.24. The van der Waals surface area contributed by atoms with Crippen molar-refractivity contribution in [2.45, 2.75) is 32.2 Å². The van der Waals surface area contributed by atoms with Crippen LogP contribution in [-0.4, -0.2) is 14.2 Å². The summed E-state index contributed by atoms with van der Waals surface area (Å²) in [7, 11) is 0. The van der Waals surface area contributed by atoms with Crippen molar-refractivity contribution in [3.8, 4) is 0 Å². The third-order valence-electron chi connectivity index (χ3n) is 4.30. The van der Waals surface area contributed by atoms with Gasteiger partial charge in [0, 0.05) is 23.0 Å². The SMILES string of the molecule is O=c1c2c3c(nn2ccn1Cc1ccc(Cl)cc1)CCCC3. The number of benzene rings is 1. The molecule has 0 bridgehead atoms. The Bertz CT molecular complexity index is 893. The fourth-order valence-electron chi connectivity index (χ4n) is 3.17. The zero-order chi connectivity index (χ0) is 15.1. The Morgan fingerprint density at radius 1 is 1.09 bits per heavy atom. The number of fused-ring (bicyclic) bond motifs is 3. The zero-order valence-corrected chi connectivity index (χ0v) is 12.9. The van der Waals surface area contributed by atoms with Crippen LogP contribution < -0.4 is 5.56 Å². The molecule has 2 heterocycles. The van der Waals surface area contributed by atoms with Crippen LogP contribution in [0.4, 0.5) is 0 Å². The number of aromatic nitrogens is 3. The Balaban J connectivity index is 1.80. The number of rotatable bonds is 2. The fraction of sp³-hybridized carbons (Fsp3) is 0.294. The van der Waals surface area contributed by atoms with Crippen molar-refractivity contribution in [2.24, 2.45) is 0 Å². The van der Waals surface area contributed by atoms with Crippen molar-refractivity contribution in [1.29, 1.82) is 0 Å². The highest BCUT2D eigenvalue weighted by molar-refractivity contribution is 6.30. The molecule has 0 saturated carbocycles. The lowest BCUT2D eigenvalue weighted by Gasteiger charge is -2.09. The predicted molar refractivity (Wildman–Crippen MR) is 86.6 cm³/mol. The summed E-state index contributed by atoms with van der Waals surface area (Å²) in [5, 5.41) is 5.26. The molecule has 112 valence electrons. The van der Waals surface area contributed by atoms with Gasteiger partial charge in [-0.1, -0.05) is 23.7 Å². The molecule has 0 radical (unpaired) electrons. The van der Waals surface area contributed by atoms with Crippen molar-refractivity contribution < 1.29 is 0 Å². The first-order valence-corrected chi connectivity index (χ1v) is 7.94. The van der Waals surface area contributed by atoms with E-state index in [9.17, 15) is 4.79 Å². The van der Waals surface area contributed by atoms with E-state index in [-0.39, 0.29) is 5.56 Å². The average molecular weight is 314 g/mol. The second-order valence-corrected chi connectivity index (χ2v) is 6.22. The molecule has 1 aromatic carbocycles. The molecule has 2 aromatic heterocycles. The van der Waals surface area contributed by atoms with E-state index in [4.69, 9.17) is 11.6 Å². The highest BCUT2D eigenvalue weighted by Gasteiger charge is 2.19. The maximum absolute atomic E-state index is 12.8. The Labute approximate surface area is 133 Å². The molecule has 0 saturated heterocycles. The van der Waals surface area contributed by atoms with Gasteiger partial charge in [0.15, 0.2) is 0 Å². The molecule has 0 spiro atoms. The van der Waals surface area contributed by atoms with Crippen molar-refractivity contribution in [3.05, 3.63) is 68.9 Å². The van der Waals surface area contributed by atoms with Gasteiger partial charge in [0.05, 0.1) is 12.2 Å². The molecule has 0 fully saturated rings. The first-order chi connectivity index (χ1) is 10.7. The number of halogens is 1. The quantitative estimate of drug-likeness (QED) is 0.729. The molecular formula is C17H16ClN3O. The van der Waals surface area contributed by atoms with E-state index in [1.54, 1.807) is 9.08 Å². The van der Waals surface area contributed by atoms with Crippen LogP contribution in [0.1, 0.15) is 29.7 Å². The monoisotopic (exact) mass is 313 g/mol. The summed E-state index contributed by atoms with van der Waals surface area (Å²) in [5.74, 6) is 0. The van der Waals surface area contributed by atoms with Crippen molar-refractivity contribution in [3.63, 3.8) is 0 Å². The van der Waals surface area contributed by atoms with Crippen LogP contribution in [0, 0.1) is 0 Å². The molecule has 22 heavy (non-hydrogen) atoms. The minimum absolute atomic E-state index is 0.0353. The molecule has 0 N–H and O–H groups in total. The molecule has 0 atom stereocenters. The van der Waals surface area contributed by atoms with E-state index in [0.717, 1.165) is 48.0 Å². The van der Waals surface area contributed by atoms with Crippen LogP contribution in [-0.2, 0) is 19.4 Å². The van der Waals surface area contributed by atoms with Crippen LogP contribution >= 0.6 is 11.6 Å². The Kier molecular flexibility index (Phi) is 3.26. The molecule has 5 heteroatoms. The summed E-state index contributed by atoms with van der Waals surface area (Å²) in [6, 6.07) is 7.60. The molecular weight excluding hydrogens is 298 g/mol. The number of hydrogen-bond donors (Lipinski definition) is 0. The van der Waals surface area contributed by atoms with Crippen LogP contribution in [0.3, 0.4) is 0 Å². The predicted octanol–water partition coefficient (Wildman–Crippen LogP) is 3.08. The van der Waals surface area contributed by atoms with Gasteiger partial charge in [0.2, 0.25) is 0 Å². The molecule has 0 aliphatic heterocycles. The molecule has 1 aliphatic carbocycles. The summed E-state index contributed by atoms with van der Waals surface area (Å²) in [6.45, 7) is 0.548. The minimum atomic E-state index is 0.0353. The molecule has 1 aliphatic rings. The van der Waals surface area contributed by atoms with E-state index >= 15 is 0 Å². The second-order valence-electron chi connectivity index (χ2n) is 5.78. The largest absolute Gasteiger partial charge is 0.308 e. The van der Waals surface area contributed by atoms with Crippen molar-refractivity contribution >= 4 is 17.1 Å². The maximum atomic E-state index is 12.8. The van der Waals surface area contributed by atoms with Crippen molar-refractivity contribution in [2.75, 3.05) is 0 Å². The first-order valence-electron chi connectivity index (χ1n) is 7.56. The van der Waals surface area contributed by atoms with Crippen LogP contribution in [0.25, 0.3) is 5.52 Å². The van der Waals surface area contributed by atoms with Crippen LogP contribution in [0.2, 0.25) is 5.02 Å². The van der Waals surface area contributed by atoms with Gasteiger partial charge >= 0.3 is 0 Å². The lowest BCUT2D eigenvalue weighted by Crippen LogP contribution is -2.22. The summed E-state index contributed by atoms with van der Waals surface area (Å²) in [5.41, 5.74) is 4.07. The third-order valence-corrected chi connectivity index (χ3v) is 4.55. The fourth-order valence-corrected chi connectivity index (χ4v) is 3.29. The average Bonchev–Trinajstić information content (AvgIpc) is 2.91. The molecule has 3 aromatic rings. The van der Waals surface area contributed by atoms with E-state index < -0.39 is 0 Å². The summed E-state index contributed by atoms with van der Waals surface area (Å²) in [4.78, 5) is 12.8. The first kappa shape index (κ1) is 13.6. The van der Waals surface area contributed by atoms with Gasteiger partial charge in [-0.05, 0) is 43.4 Å². The maximum Gasteiger partial charge on any atom is 0.277 e. The van der Waals surface area contributed by atoms with Gasteiger partial charge in [0.25, 0.3) is 5.56 Å². The Morgan fingerprint density at radius 2 is 1.86 bits per heavy atom. The summed E-state index contributed by atoms with van der Waals surface area (Å²) >= 11 is 5.91. The van der Waals surface area contributed by atoms with Gasteiger partial charge in [-0.2, -0.15) is 5.10 Å². The van der Waals surface area contributed by atoms with Crippen molar-refractivity contribution in [1.82, 2.24) is 14.2 Å². The summed E-state index contributed by atoms with van der Waals surface area (Å²) < 4.78 is 3.49. The molecule has 0 amide bonds. The van der Waals surface area contributed by atoms with Gasteiger partial charge in [-0.25, -0.2) is 4.52 Å². The van der Waals surface area contributed by atoms with Gasteiger partial charge in [-0.3, -0.25) is 4.79 Å². The Morgan fingerprint density at radius 3 is 2.68 bits per heavy atom. The molecule has 0 unspecified atom stereocenters. The lowest BCUT2D eigenvalue weighted by atomic mass is 9.97. The van der Waals surface area contributed by atoms with Crippen LogP contribution in [0.15, 0.2) is 41.5 Å². The minimum Gasteiger partial charge on any atom is -0.308 e. The van der Waals surface area contributed by atoms with E-state index in [2.05, 4.69) is 5.10 Å².